The van der Waals surface area contributed by atoms with Crippen LogP contribution in [0.2, 0.25) is 13.3 Å². The molecule has 1 N–H and O–H groups in total. The van der Waals surface area contributed by atoms with E-state index >= 15 is 0 Å². The van der Waals surface area contributed by atoms with Crippen molar-refractivity contribution >= 4 is 42.8 Å². The zero-order valence-corrected chi connectivity index (χ0v) is 31.0. The van der Waals surface area contributed by atoms with Crippen molar-refractivity contribution in [3.63, 3.8) is 0 Å². The number of unbranched alkanes of at least 4 members (excludes halogenated alkanes) is 3. The van der Waals surface area contributed by atoms with Crippen LogP contribution < -0.4 is 15.9 Å². The Kier molecular flexibility index (Phi) is 17.0. The Hall–Kier alpha value is -1.68. The van der Waals surface area contributed by atoms with Crippen molar-refractivity contribution < 1.29 is 9.53 Å². The van der Waals surface area contributed by atoms with Gasteiger partial charge in [0, 0.05) is 0 Å². The molecule has 3 aromatic carbocycles. The fourth-order valence-corrected chi connectivity index (χ4v) is 34.9. The predicted octanol–water partition coefficient (Wildman–Crippen LogP) is 9.38. The number of nitrogens with one attached hydrogen (secondary N) is 1. The van der Waals surface area contributed by atoms with Gasteiger partial charge < -0.3 is 0 Å². The van der Waals surface area contributed by atoms with Gasteiger partial charge in [-0.15, -0.1) is 0 Å². The summed E-state index contributed by atoms with van der Waals surface area (Å²) in [6.07, 6.45) is 9.15. The molecule has 0 aliphatic carbocycles. The van der Waals surface area contributed by atoms with Crippen LogP contribution >= 0.6 is 7.92 Å². The fraction of sp³-hybridized carbons (Fsp3) is 0.500. The molecule has 0 aromatic heterocycles. The van der Waals surface area contributed by atoms with Gasteiger partial charge in [-0.25, -0.2) is 0 Å². The third kappa shape index (κ3) is 11.6. The SMILES string of the molecule is CCC[CH2][Sn]([CH2]CCC)([CH2]CCC)[C@@H](CC(=O)N[C@H](CC)COCc1ccccc1)P(c1ccccc1)c1ccccc1. The Balaban J connectivity index is 1.97. The van der Waals surface area contributed by atoms with Gasteiger partial charge in [0.05, 0.1) is 0 Å². The zero-order chi connectivity index (χ0) is 30.8. The summed E-state index contributed by atoms with van der Waals surface area (Å²) >= 11 is -2.90. The summed E-state index contributed by atoms with van der Waals surface area (Å²) in [5, 5.41) is 6.33. The molecule has 3 rings (SSSR count). The molecule has 3 aromatic rings. The number of ether oxygens (including phenoxy) is 1. The first kappa shape index (κ1) is 35.8. The van der Waals surface area contributed by atoms with Crippen molar-refractivity contribution in [2.75, 3.05) is 6.61 Å². The molecule has 0 aliphatic heterocycles. The molecule has 2 atom stereocenters. The molecule has 0 spiro atoms. The van der Waals surface area contributed by atoms with Crippen molar-refractivity contribution in [3.05, 3.63) is 96.6 Å². The van der Waals surface area contributed by atoms with E-state index in [1.807, 2.05) is 18.2 Å². The van der Waals surface area contributed by atoms with Gasteiger partial charge in [0.25, 0.3) is 0 Å². The van der Waals surface area contributed by atoms with E-state index in [1.54, 1.807) is 0 Å². The second-order valence-electron chi connectivity index (χ2n) is 12.1. The van der Waals surface area contributed by atoms with Crippen molar-refractivity contribution in [2.45, 2.75) is 109 Å². The fourth-order valence-electron chi connectivity index (χ4n) is 6.35. The molecule has 0 heterocycles. The number of benzene rings is 3. The molecule has 0 unspecified atom stereocenters. The molecule has 234 valence electrons. The zero-order valence-electron chi connectivity index (χ0n) is 27.3. The molecule has 1 amide bonds. The maximum atomic E-state index is 14.2. The van der Waals surface area contributed by atoms with Crippen LogP contribution in [0.5, 0.6) is 0 Å². The number of hydrogen-bond acceptors (Lipinski definition) is 2. The first-order valence-electron chi connectivity index (χ1n) is 16.9. The molecule has 0 fully saturated rings. The van der Waals surface area contributed by atoms with Crippen molar-refractivity contribution in [1.82, 2.24) is 5.32 Å². The van der Waals surface area contributed by atoms with E-state index in [-0.39, 0.29) is 11.9 Å². The van der Waals surface area contributed by atoms with E-state index in [0.717, 1.165) is 6.42 Å². The van der Waals surface area contributed by atoms with Crippen LogP contribution in [-0.4, -0.2) is 40.6 Å². The Morgan fingerprint density at radius 1 is 0.721 bits per heavy atom. The Bertz CT molecular complexity index is 1080. The Morgan fingerprint density at radius 3 is 1.63 bits per heavy atom. The normalized spacial score (nSPS) is 13.1. The molecule has 0 saturated carbocycles. The van der Waals surface area contributed by atoms with Gasteiger partial charge in [0.1, 0.15) is 0 Å². The molecule has 43 heavy (non-hydrogen) atoms. The van der Waals surface area contributed by atoms with Gasteiger partial charge in [-0.1, -0.05) is 0 Å². The minimum atomic E-state index is -2.90. The molecule has 0 saturated heterocycles. The topological polar surface area (TPSA) is 38.3 Å². The van der Waals surface area contributed by atoms with E-state index in [9.17, 15) is 4.79 Å². The van der Waals surface area contributed by atoms with Crippen LogP contribution in [0.1, 0.15) is 84.6 Å². The molecular weight excluding hydrogens is 652 g/mol. The van der Waals surface area contributed by atoms with Crippen molar-refractivity contribution in [2.24, 2.45) is 0 Å². The standard InChI is InChI=1S/C26H29NO2P.3C4H9.Sn/c1-2-23(21-29-20-22-12-6-3-7-13-22)27-26(28)18-19-30(24-14-8-4-9-15-24)25-16-10-5-11-17-25;3*1-3-4-2;/h3-17,19,23H,2,18,20-21H2,1H3,(H,27,28);3*1,3-4H2,2H3;/t23-;;;;/m1..../s1. The third-order valence-electron chi connectivity index (χ3n) is 8.84. The second-order valence-corrected chi connectivity index (χ2v) is 29.9. The third-order valence-corrected chi connectivity index (χ3v) is 33.4. The van der Waals surface area contributed by atoms with E-state index in [1.165, 1.54) is 68.0 Å². The van der Waals surface area contributed by atoms with Crippen LogP contribution in [-0.2, 0) is 16.1 Å². The first-order chi connectivity index (χ1) is 21.1. The number of rotatable bonds is 21. The summed E-state index contributed by atoms with van der Waals surface area (Å²) in [4.78, 5) is 14.2. The van der Waals surface area contributed by atoms with Crippen LogP contribution in [0.3, 0.4) is 0 Å². The van der Waals surface area contributed by atoms with Gasteiger partial charge in [0.2, 0.25) is 0 Å². The summed E-state index contributed by atoms with van der Waals surface area (Å²) in [6.45, 7) is 10.3. The second kappa shape index (κ2) is 20.4. The first-order valence-corrected chi connectivity index (χ1v) is 26.0. The van der Waals surface area contributed by atoms with Gasteiger partial charge in [-0.05, 0) is 0 Å². The van der Waals surface area contributed by atoms with Crippen LogP contribution in [0.4, 0.5) is 0 Å². The van der Waals surface area contributed by atoms with Crippen molar-refractivity contribution in [1.29, 1.82) is 0 Å². The Morgan fingerprint density at radius 2 is 1.19 bits per heavy atom. The molecule has 0 bridgehead atoms. The molecular formula is C38H56NO2PSn. The number of hydrogen-bond donors (Lipinski definition) is 1. The monoisotopic (exact) mass is 709 g/mol. The molecule has 0 aliphatic rings. The number of amides is 1. The van der Waals surface area contributed by atoms with E-state index in [2.05, 4.69) is 106 Å². The number of carbonyl (C=O) groups is 1. The summed E-state index contributed by atoms with van der Waals surface area (Å²) in [5.41, 5.74) is 1.17. The summed E-state index contributed by atoms with van der Waals surface area (Å²) < 4.78 is 10.8. The molecule has 5 heteroatoms. The van der Waals surface area contributed by atoms with Gasteiger partial charge >= 0.3 is 270 Å². The summed E-state index contributed by atoms with van der Waals surface area (Å²) in [7, 11) is -0.654. The average Bonchev–Trinajstić information content (AvgIpc) is 3.05. The molecule has 0 radical (unpaired) electrons. The quantitative estimate of drug-likeness (QED) is 0.0885. The van der Waals surface area contributed by atoms with Gasteiger partial charge in [-0.2, -0.15) is 0 Å². The van der Waals surface area contributed by atoms with E-state index in [4.69, 9.17) is 4.74 Å². The van der Waals surface area contributed by atoms with Crippen LogP contribution in [0.15, 0.2) is 91.0 Å². The van der Waals surface area contributed by atoms with Crippen LogP contribution in [0, 0.1) is 0 Å². The summed E-state index contributed by atoms with van der Waals surface area (Å²) in [5.74, 6) is 0.227. The van der Waals surface area contributed by atoms with Crippen LogP contribution in [0.25, 0.3) is 0 Å². The molecule has 3 nitrogen and oxygen atoms in total. The average molecular weight is 709 g/mol. The minimum absolute atomic E-state index is 0.0306. The van der Waals surface area contributed by atoms with E-state index < -0.39 is 26.3 Å². The van der Waals surface area contributed by atoms with E-state index in [0.29, 0.717) is 23.3 Å². The predicted molar refractivity (Wildman–Crippen MR) is 191 cm³/mol. The summed E-state index contributed by atoms with van der Waals surface area (Å²) in [6, 6.07) is 32.7. The van der Waals surface area contributed by atoms with Gasteiger partial charge in [0.15, 0.2) is 0 Å². The Labute approximate surface area is 268 Å². The van der Waals surface area contributed by atoms with Crippen molar-refractivity contribution in [3.8, 4) is 0 Å². The maximum absolute atomic E-state index is 14.2. The van der Waals surface area contributed by atoms with Gasteiger partial charge in [-0.3, -0.25) is 0 Å². The number of carbonyl (C=O) groups excluding carboxylic acids is 1.